The van der Waals surface area contributed by atoms with Crippen LogP contribution in [0.3, 0.4) is 0 Å². The molecule has 3 aromatic rings. The maximum absolute atomic E-state index is 14.0. The molecule has 9 heteroatoms. The molecule has 1 fully saturated rings. The van der Waals surface area contributed by atoms with Crippen LogP contribution in [0.4, 0.5) is 14.5 Å². The van der Waals surface area contributed by atoms with Gasteiger partial charge in [0.15, 0.2) is 11.8 Å². The monoisotopic (exact) mass is 411 g/mol. The van der Waals surface area contributed by atoms with Gasteiger partial charge in [-0.2, -0.15) is 5.10 Å². The molecular formula is C21H23F2N7. The molecule has 0 atom stereocenters. The first-order chi connectivity index (χ1) is 14.6. The number of piperazine rings is 1. The lowest BCUT2D eigenvalue weighted by Crippen LogP contribution is -2.52. The van der Waals surface area contributed by atoms with Crippen molar-refractivity contribution in [2.45, 2.75) is 6.54 Å². The molecule has 4 rings (SSSR count). The van der Waals surface area contributed by atoms with Gasteiger partial charge >= 0.3 is 0 Å². The quantitative estimate of drug-likeness (QED) is 0.528. The summed E-state index contributed by atoms with van der Waals surface area (Å²) in [6.45, 7) is 3.07. The van der Waals surface area contributed by atoms with E-state index < -0.39 is 11.6 Å². The Morgan fingerprint density at radius 2 is 1.93 bits per heavy atom. The van der Waals surface area contributed by atoms with E-state index in [0.717, 1.165) is 23.4 Å². The van der Waals surface area contributed by atoms with E-state index in [0.29, 0.717) is 38.4 Å². The van der Waals surface area contributed by atoms with Crippen LogP contribution >= 0.6 is 0 Å². The summed E-state index contributed by atoms with van der Waals surface area (Å²) in [6.07, 6.45) is 5.31. The minimum atomic E-state index is -0.432. The Bertz CT molecular complexity index is 1010. The van der Waals surface area contributed by atoms with E-state index in [9.17, 15) is 8.78 Å². The van der Waals surface area contributed by atoms with Crippen molar-refractivity contribution in [3.05, 3.63) is 72.2 Å². The van der Waals surface area contributed by atoms with Gasteiger partial charge in [-0.15, -0.1) is 0 Å². The minimum Gasteiger partial charge on any atom is -0.366 e. The third-order valence-corrected chi connectivity index (χ3v) is 5.04. The maximum Gasteiger partial charge on any atom is 0.194 e. The van der Waals surface area contributed by atoms with Gasteiger partial charge in [0.05, 0.1) is 5.69 Å². The van der Waals surface area contributed by atoms with Crippen LogP contribution in [0.2, 0.25) is 0 Å². The smallest absolute Gasteiger partial charge is 0.194 e. The van der Waals surface area contributed by atoms with Gasteiger partial charge in [0.2, 0.25) is 0 Å². The first kappa shape index (κ1) is 19.8. The van der Waals surface area contributed by atoms with Gasteiger partial charge in [-0.1, -0.05) is 0 Å². The molecule has 7 nitrogen and oxygen atoms in total. The number of anilines is 1. The summed E-state index contributed by atoms with van der Waals surface area (Å²) in [4.78, 5) is 12.7. The number of nitrogens with zero attached hydrogens (tertiary/aromatic N) is 6. The van der Waals surface area contributed by atoms with E-state index in [2.05, 4.69) is 25.3 Å². The van der Waals surface area contributed by atoms with E-state index in [4.69, 9.17) is 0 Å². The minimum absolute atomic E-state index is 0.306. The van der Waals surface area contributed by atoms with Crippen molar-refractivity contribution in [3.8, 4) is 5.82 Å². The first-order valence-electron chi connectivity index (χ1n) is 9.74. The summed E-state index contributed by atoms with van der Waals surface area (Å²) in [5.41, 5.74) is 1.36. The summed E-state index contributed by atoms with van der Waals surface area (Å²) in [5, 5.41) is 7.57. The molecule has 1 saturated heterocycles. The predicted molar refractivity (Wildman–Crippen MR) is 112 cm³/mol. The van der Waals surface area contributed by atoms with Gasteiger partial charge in [0, 0.05) is 64.4 Å². The van der Waals surface area contributed by atoms with Gasteiger partial charge in [-0.3, -0.25) is 4.99 Å². The predicted octanol–water partition coefficient (Wildman–Crippen LogP) is 2.44. The number of hydrogen-bond donors (Lipinski definition) is 1. The van der Waals surface area contributed by atoms with E-state index in [-0.39, 0.29) is 0 Å². The maximum atomic E-state index is 14.0. The number of hydrogen-bond acceptors (Lipinski definition) is 4. The zero-order valence-corrected chi connectivity index (χ0v) is 16.7. The van der Waals surface area contributed by atoms with Crippen LogP contribution in [-0.2, 0) is 6.54 Å². The fourth-order valence-electron chi connectivity index (χ4n) is 3.50. The molecule has 1 aromatic carbocycles. The highest BCUT2D eigenvalue weighted by molar-refractivity contribution is 5.80. The first-order valence-corrected chi connectivity index (χ1v) is 9.74. The van der Waals surface area contributed by atoms with Crippen molar-refractivity contribution >= 4 is 11.6 Å². The number of benzene rings is 1. The number of nitrogens with one attached hydrogen (secondary N) is 1. The normalized spacial score (nSPS) is 14.8. The second-order valence-electron chi connectivity index (χ2n) is 6.94. The Hall–Kier alpha value is -3.49. The standard InChI is InChI=1S/C21H23F2N7/c1-24-21(26-15-16-5-7-25-20(13-16)30-8-2-6-27-30)29-11-9-28(10-12-29)19-14-17(22)3-4-18(19)23/h2-8,13-14H,9-12,15H2,1H3,(H,24,26). The van der Waals surface area contributed by atoms with E-state index in [1.165, 1.54) is 12.1 Å². The summed E-state index contributed by atoms with van der Waals surface area (Å²) < 4.78 is 29.3. The summed E-state index contributed by atoms with van der Waals surface area (Å²) in [5.74, 6) is 0.683. The summed E-state index contributed by atoms with van der Waals surface area (Å²) in [6, 6.07) is 9.32. The molecule has 0 saturated carbocycles. The van der Waals surface area contributed by atoms with E-state index in [1.54, 1.807) is 24.1 Å². The van der Waals surface area contributed by atoms with Gasteiger partial charge in [-0.25, -0.2) is 18.4 Å². The van der Waals surface area contributed by atoms with Crippen LogP contribution in [0.15, 0.2) is 60.0 Å². The number of pyridine rings is 1. The number of aromatic nitrogens is 3. The Balaban J connectivity index is 1.36. The summed E-state index contributed by atoms with van der Waals surface area (Å²) >= 11 is 0. The molecule has 3 heterocycles. The highest BCUT2D eigenvalue weighted by Crippen LogP contribution is 2.22. The molecule has 1 N–H and O–H groups in total. The molecule has 1 aliphatic heterocycles. The van der Waals surface area contributed by atoms with Crippen molar-refractivity contribution < 1.29 is 8.78 Å². The van der Waals surface area contributed by atoms with Gasteiger partial charge < -0.3 is 15.1 Å². The third kappa shape index (κ3) is 4.40. The lowest BCUT2D eigenvalue weighted by molar-refractivity contribution is 0.370. The van der Waals surface area contributed by atoms with Crippen LogP contribution in [0, 0.1) is 11.6 Å². The second kappa shape index (κ2) is 8.89. The van der Waals surface area contributed by atoms with Gasteiger partial charge in [0.1, 0.15) is 11.6 Å². The van der Waals surface area contributed by atoms with Crippen molar-refractivity contribution in [2.24, 2.45) is 4.99 Å². The van der Waals surface area contributed by atoms with Crippen LogP contribution in [0.25, 0.3) is 5.82 Å². The Morgan fingerprint density at radius 1 is 1.10 bits per heavy atom. The Kier molecular flexibility index (Phi) is 5.87. The molecule has 1 aliphatic rings. The average Bonchev–Trinajstić information content (AvgIpc) is 3.32. The largest absolute Gasteiger partial charge is 0.366 e. The zero-order valence-electron chi connectivity index (χ0n) is 16.7. The zero-order chi connectivity index (χ0) is 20.9. The Labute approximate surface area is 173 Å². The lowest BCUT2D eigenvalue weighted by atomic mass is 10.2. The number of rotatable bonds is 4. The summed E-state index contributed by atoms with van der Waals surface area (Å²) in [7, 11) is 1.74. The van der Waals surface area contributed by atoms with Crippen molar-refractivity contribution in [1.29, 1.82) is 0 Å². The molecule has 0 radical (unpaired) electrons. The number of aliphatic imine (C=N–C) groups is 1. The second-order valence-corrected chi connectivity index (χ2v) is 6.94. The van der Waals surface area contributed by atoms with Crippen LogP contribution < -0.4 is 10.2 Å². The van der Waals surface area contributed by atoms with Gasteiger partial charge in [-0.05, 0) is 35.9 Å². The van der Waals surface area contributed by atoms with Crippen molar-refractivity contribution in [3.63, 3.8) is 0 Å². The number of halogens is 2. The average molecular weight is 411 g/mol. The third-order valence-electron chi connectivity index (χ3n) is 5.04. The fourth-order valence-corrected chi connectivity index (χ4v) is 3.50. The molecule has 0 unspecified atom stereocenters. The molecule has 0 amide bonds. The van der Waals surface area contributed by atoms with E-state index in [1.807, 2.05) is 29.3 Å². The van der Waals surface area contributed by atoms with Gasteiger partial charge in [0.25, 0.3) is 0 Å². The van der Waals surface area contributed by atoms with E-state index >= 15 is 0 Å². The topological polar surface area (TPSA) is 61.6 Å². The van der Waals surface area contributed by atoms with Crippen LogP contribution in [0.1, 0.15) is 5.56 Å². The lowest BCUT2D eigenvalue weighted by Gasteiger charge is -2.37. The molecule has 0 bridgehead atoms. The number of guanidine groups is 1. The molecule has 2 aromatic heterocycles. The van der Waals surface area contributed by atoms with Crippen LogP contribution in [-0.4, -0.2) is 58.9 Å². The molecular weight excluding hydrogens is 388 g/mol. The highest BCUT2D eigenvalue weighted by atomic mass is 19.1. The molecule has 156 valence electrons. The Morgan fingerprint density at radius 3 is 2.67 bits per heavy atom. The molecule has 30 heavy (non-hydrogen) atoms. The van der Waals surface area contributed by atoms with Crippen molar-refractivity contribution in [2.75, 3.05) is 38.1 Å². The molecule has 0 aliphatic carbocycles. The van der Waals surface area contributed by atoms with Crippen LogP contribution in [0.5, 0.6) is 0 Å². The van der Waals surface area contributed by atoms with Crippen molar-refractivity contribution in [1.82, 2.24) is 25.0 Å². The fraction of sp³-hybridized carbons (Fsp3) is 0.286. The highest BCUT2D eigenvalue weighted by Gasteiger charge is 2.22. The SMILES string of the molecule is CN=C(NCc1ccnc(-n2cccn2)c1)N1CCN(c2cc(F)ccc2F)CC1. The molecule has 0 spiro atoms.